The zero-order valence-electron chi connectivity index (χ0n) is 17.9. The topological polar surface area (TPSA) is 79.0 Å². The van der Waals surface area contributed by atoms with Gasteiger partial charge in [-0.25, -0.2) is 4.79 Å². The van der Waals surface area contributed by atoms with Gasteiger partial charge in [-0.1, -0.05) is 40.2 Å². The number of anilines is 1. The molecule has 1 atom stereocenters. The fourth-order valence-electron chi connectivity index (χ4n) is 3.71. The quantitative estimate of drug-likeness (QED) is 0.633. The molecule has 164 valence electrons. The lowest BCUT2D eigenvalue weighted by atomic mass is 9.94. The summed E-state index contributed by atoms with van der Waals surface area (Å²) in [5.74, 6) is -0.872. The molecule has 2 aromatic carbocycles. The van der Waals surface area contributed by atoms with Crippen LogP contribution in [0.2, 0.25) is 0 Å². The summed E-state index contributed by atoms with van der Waals surface area (Å²) < 4.78 is 5.87. The van der Waals surface area contributed by atoms with E-state index in [4.69, 9.17) is 4.74 Å². The van der Waals surface area contributed by atoms with Crippen LogP contribution in [0.4, 0.5) is 5.69 Å². The predicted octanol–water partition coefficient (Wildman–Crippen LogP) is 2.75. The normalized spacial score (nSPS) is 15.4. The minimum Gasteiger partial charge on any atom is -0.467 e. The molecule has 0 unspecified atom stereocenters. The number of hydrogen-bond acceptors (Lipinski definition) is 5. The van der Waals surface area contributed by atoms with Gasteiger partial charge in [0.1, 0.15) is 6.04 Å². The molecule has 0 saturated carbocycles. The Labute approximate surface area is 190 Å². The number of aryl methyl sites for hydroxylation is 1. The van der Waals surface area contributed by atoms with Gasteiger partial charge in [-0.3, -0.25) is 14.5 Å². The number of nitrogens with one attached hydrogen (secondary N) is 1. The van der Waals surface area contributed by atoms with Gasteiger partial charge in [-0.15, -0.1) is 0 Å². The number of benzene rings is 2. The van der Waals surface area contributed by atoms with Gasteiger partial charge < -0.3 is 15.0 Å². The molecule has 3 rings (SSSR count). The molecular weight excluding hydrogens is 462 g/mol. The third kappa shape index (κ3) is 5.71. The van der Waals surface area contributed by atoms with Crippen molar-refractivity contribution in [3.63, 3.8) is 0 Å². The summed E-state index contributed by atoms with van der Waals surface area (Å²) in [6.45, 7) is 2.32. The number of likely N-dealkylation sites (N-methyl/N-ethyl adjacent to an activating group) is 1. The van der Waals surface area contributed by atoms with E-state index in [1.165, 1.54) is 7.11 Å². The second-order valence-electron chi connectivity index (χ2n) is 7.71. The lowest BCUT2D eigenvalue weighted by molar-refractivity contribution is -0.154. The summed E-state index contributed by atoms with van der Waals surface area (Å²) in [4.78, 5) is 41.0. The minimum absolute atomic E-state index is 0.0163. The first-order valence-electron chi connectivity index (χ1n) is 9.97. The average molecular weight is 488 g/mol. The van der Waals surface area contributed by atoms with E-state index in [0.29, 0.717) is 13.0 Å². The Bertz CT molecular complexity index is 995. The number of nitrogens with zero attached hydrogens (tertiary/aromatic N) is 2. The zero-order valence-corrected chi connectivity index (χ0v) is 19.4. The van der Waals surface area contributed by atoms with Gasteiger partial charge in [0.25, 0.3) is 0 Å². The highest BCUT2D eigenvalue weighted by Crippen LogP contribution is 2.24. The number of halogens is 1. The van der Waals surface area contributed by atoms with Crippen molar-refractivity contribution in [2.45, 2.75) is 25.9 Å². The monoisotopic (exact) mass is 487 g/mol. The molecule has 0 spiro atoms. The summed E-state index contributed by atoms with van der Waals surface area (Å²) in [5, 5.41) is 2.87. The molecule has 0 saturated heterocycles. The number of methoxy groups -OCH3 is 1. The van der Waals surface area contributed by atoms with Crippen LogP contribution in [-0.4, -0.2) is 60.9 Å². The Morgan fingerprint density at radius 1 is 1.16 bits per heavy atom. The van der Waals surface area contributed by atoms with Crippen molar-refractivity contribution in [3.8, 4) is 0 Å². The summed E-state index contributed by atoms with van der Waals surface area (Å²) >= 11 is 3.40. The molecule has 7 nitrogen and oxygen atoms in total. The molecule has 8 heteroatoms. The Morgan fingerprint density at radius 2 is 1.87 bits per heavy atom. The lowest BCUT2D eigenvalue weighted by Gasteiger charge is -2.36. The van der Waals surface area contributed by atoms with Gasteiger partial charge >= 0.3 is 5.97 Å². The number of carbonyl (C=O) groups excluding carboxylic acids is 3. The highest BCUT2D eigenvalue weighted by molar-refractivity contribution is 9.10. The summed E-state index contributed by atoms with van der Waals surface area (Å²) in [6, 6.07) is 12.7. The van der Waals surface area contributed by atoms with E-state index in [9.17, 15) is 14.4 Å². The van der Waals surface area contributed by atoms with Gasteiger partial charge in [0.15, 0.2) is 0 Å². The maximum absolute atomic E-state index is 13.0. The molecule has 1 N–H and O–H groups in total. The number of amides is 2. The van der Waals surface area contributed by atoms with Crippen molar-refractivity contribution < 1.29 is 19.1 Å². The summed E-state index contributed by atoms with van der Waals surface area (Å²) in [5.41, 5.74) is 3.72. The van der Waals surface area contributed by atoms with Crippen molar-refractivity contribution in [2.75, 3.05) is 32.6 Å². The smallest absolute Gasteiger partial charge is 0.328 e. The summed E-state index contributed by atoms with van der Waals surface area (Å²) in [7, 11) is 3.03. The highest BCUT2D eigenvalue weighted by Gasteiger charge is 2.35. The van der Waals surface area contributed by atoms with Crippen LogP contribution in [0.5, 0.6) is 0 Å². The largest absolute Gasteiger partial charge is 0.467 e. The van der Waals surface area contributed by atoms with E-state index in [1.807, 2.05) is 49.4 Å². The van der Waals surface area contributed by atoms with Gasteiger partial charge in [0, 0.05) is 23.1 Å². The first-order chi connectivity index (χ1) is 14.8. The van der Waals surface area contributed by atoms with Crippen LogP contribution in [0.25, 0.3) is 0 Å². The molecule has 2 amide bonds. The fourth-order valence-corrected chi connectivity index (χ4v) is 4.19. The summed E-state index contributed by atoms with van der Waals surface area (Å²) in [6.07, 6.45) is 0.418. The van der Waals surface area contributed by atoms with Crippen LogP contribution in [0.1, 0.15) is 16.7 Å². The van der Waals surface area contributed by atoms with Crippen LogP contribution in [0.3, 0.4) is 0 Å². The highest BCUT2D eigenvalue weighted by atomic mass is 79.9. The van der Waals surface area contributed by atoms with E-state index in [2.05, 4.69) is 21.2 Å². The van der Waals surface area contributed by atoms with Crippen LogP contribution >= 0.6 is 15.9 Å². The Morgan fingerprint density at radius 3 is 2.55 bits per heavy atom. The van der Waals surface area contributed by atoms with Gasteiger partial charge in [-0.2, -0.15) is 0 Å². The molecule has 1 aliphatic rings. The lowest BCUT2D eigenvalue weighted by Crippen LogP contribution is -2.52. The van der Waals surface area contributed by atoms with E-state index < -0.39 is 12.0 Å². The van der Waals surface area contributed by atoms with Crippen LogP contribution in [-0.2, 0) is 32.1 Å². The minimum atomic E-state index is -0.667. The van der Waals surface area contributed by atoms with Crippen LogP contribution < -0.4 is 5.32 Å². The second-order valence-corrected chi connectivity index (χ2v) is 8.63. The maximum Gasteiger partial charge on any atom is 0.328 e. The van der Waals surface area contributed by atoms with Gasteiger partial charge in [0.05, 0.1) is 20.2 Å². The van der Waals surface area contributed by atoms with Crippen molar-refractivity contribution >= 4 is 39.4 Å². The van der Waals surface area contributed by atoms with E-state index in [0.717, 1.165) is 26.9 Å². The number of hydrogen-bond donors (Lipinski definition) is 1. The molecule has 0 aromatic heterocycles. The van der Waals surface area contributed by atoms with E-state index >= 15 is 0 Å². The van der Waals surface area contributed by atoms with Crippen molar-refractivity contribution in [1.29, 1.82) is 0 Å². The predicted molar refractivity (Wildman–Crippen MR) is 122 cm³/mol. The molecule has 0 fully saturated rings. The van der Waals surface area contributed by atoms with Crippen LogP contribution in [0, 0.1) is 6.92 Å². The number of carbonyl (C=O) groups is 3. The standard InChI is InChI=1S/C23H26BrN3O4/c1-15-10-18(24)8-9-19(15)25-21(28)13-26(2)14-22(29)27-12-17-7-5-4-6-16(17)11-20(27)23(30)31-3/h4-10,20H,11-14H2,1-3H3,(H,25,28)/t20-/m1/s1. The van der Waals surface area contributed by atoms with Crippen molar-refractivity contribution in [1.82, 2.24) is 9.80 Å². The first-order valence-corrected chi connectivity index (χ1v) is 10.8. The third-order valence-electron chi connectivity index (χ3n) is 5.32. The maximum atomic E-state index is 13.0. The van der Waals surface area contributed by atoms with Crippen molar-refractivity contribution in [3.05, 3.63) is 63.6 Å². The molecule has 2 aromatic rings. The molecule has 1 aliphatic heterocycles. The van der Waals surface area contributed by atoms with E-state index in [1.54, 1.807) is 16.8 Å². The Balaban J connectivity index is 1.63. The first kappa shape index (κ1) is 23.0. The molecule has 1 heterocycles. The molecule has 0 aliphatic carbocycles. The number of esters is 1. The van der Waals surface area contributed by atoms with Crippen LogP contribution in [0.15, 0.2) is 46.9 Å². The molecule has 0 bridgehead atoms. The Kier molecular flexibility index (Phi) is 7.46. The van der Waals surface area contributed by atoms with Crippen molar-refractivity contribution in [2.24, 2.45) is 0 Å². The van der Waals surface area contributed by atoms with Gasteiger partial charge in [0.2, 0.25) is 11.8 Å². The zero-order chi connectivity index (χ0) is 22.5. The number of ether oxygens (including phenoxy) is 1. The third-order valence-corrected chi connectivity index (χ3v) is 5.82. The number of rotatable bonds is 6. The molecule has 0 radical (unpaired) electrons. The second kappa shape index (κ2) is 10.1. The average Bonchev–Trinajstić information content (AvgIpc) is 2.74. The van der Waals surface area contributed by atoms with E-state index in [-0.39, 0.29) is 24.9 Å². The molecular formula is C23H26BrN3O4. The Hall–Kier alpha value is -2.71. The molecule has 31 heavy (non-hydrogen) atoms. The number of fused-ring (bicyclic) bond motifs is 1. The van der Waals surface area contributed by atoms with Gasteiger partial charge in [-0.05, 0) is 48.9 Å². The SMILES string of the molecule is COC(=O)[C@H]1Cc2ccccc2CN1C(=O)CN(C)CC(=O)Nc1ccc(Br)cc1C. The fraction of sp³-hybridized carbons (Fsp3) is 0.348.